The van der Waals surface area contributed by atoms with Gasteiger partial charge in [0.1, 0.15) is 53.5 Å². The summed E-state index contributed by atoms with van der Waals surface area (Å²) in [5.74, 6) is 0.981. The first-order chi connectivity index (χ1) is 41.4. The Bertz CT molecular complexity index is 3680. The van der Waals surface area contributed by atoms with Crippen LogP contribution in [0, 0.1) is 24.0 Å². The molecule has 456 valence electrons. The summed E-state index contributed by atoms with van der Waals surface area (Å²) in [6.07, 6.45) is 19.7. The number of piperazine rings is 1. The maximum atomic E-state index is 17.7. The average molecular weight is 1180 g/mol. The molecule has 8 heterocycles. The van der Waals surface area contributed by atoms with Gasteiger partial charge in [0.15, 0.2) is 12.6 Å². The van der Waals surface area contributed by atoms with Crippen molar-refractivity contribution in [2.75, 3.05) is 58.2 Å². The Morgan fingerprint density at radius 2 is 1.70 bits per heavy atom. The molecule has 0 saturated carbocycles. The van der Waals surface area contributed by atoms with Gasteiger partial charge in [-0.15, -0.1) is 6.42 Å². The second-order valence-corrected chi connectivity index (χ2v) is 24.6. The van der Waals surface area contributed by atoms with Gasteiger partial charge in [0.05, 0.1) is 39.6 Å². The predicted molar refractivity (Wildman–Crippen MR) is 319 cm³/mol. The molecule has 0 aliphatic carbocycles. The molecule has 5 saturated heterocycles. The molecule has 86 heavy (non-hydrogen) atoms. The summed E-state index contributed by atoms with van der Waals surface area (Å²) in [5, 5.41) is 6.42. The van der Waals surface area contributed by atoms with E-state index in [4.69, 9.17) is 40.1 Å². The van der Waals surface area contributed by atoms with Crippen molar-refractivity contribution in [1.82, 2.24) is 44.5 Å². The number of pyridine rings is 1. The molecule has 11 rings (SSSR count). The minimum atomic E-state index is -0.797. The van der Waals surface area contributed by atoms with Gasteiger partial charge in [-0.05, 0) is 127 Å². The minimum Gasteiger partial charge on any atom is -0.468 e. The van der Waals surface area contributed by atoms with E-state index in [1.807, 2.05) is 48.8 Å². The number of carbonyl (C=O) groups excluding carboxylic acids is 4. The first-order valence-corrected chi connectivity index (χ1v) is 30.3. The Labute approximate surface area is 498 Å². The van der Waals surface area contributed by atoms with E-state index in [-0.39, 0.29) is 96.0 Å². The van der Waals surface area contributed by atoms with E-state index < -0.39 is 40.8 Å². The number of aromatic nitrogens is 5. The normalized spacial score (nSPS) is 21.3. The zero-order chi connectivity index (χ0) is 60.4. The largest absolute Gasteiger partial charge is 0.468 e. The number of hydrogen-bond acceptors (Lipinski definition) is 15. The summed E-state index contributed by atoms with van der Waals surface area (Å²) in [6.45, 7) is 7.95. The van der Waals surface area contributed by atoms with Gasteiger partial charge in [-0.1, -0.05) is 56.2 Å². The predicted octanol–water partition coefficient (Wildman–Crippen LogP) is 9.38. The molecule has 5 fully saturated rings. The van der Waals surface area contributed by atoms with Gasteiger partial charge in [-0.2, -0.15) is 9.97 Å². The summed E-state index contributed by atoms with van der Waals surface area (Å²) >= 11 is 0. The molecule has 6 aromatic rings. The zero-order valence-electron chi connectivity index (χ0n) is 49.7. The summed E-state index contributed by atoms with van der Waals surface area (Å²) in [5.41, 5.74) is 1.20. The van der Waals surface area contributed by atoms with Crippen molar-refractivity contribution >= 4 is 62.5 Å². The number of rotatable bonds is 21. The van der Waals surface area contributed by atoms with Crippen LogP contribution in [0.15, 0.2) is 53.5 Å². The second kappa shape index (κ2) is 25.2. The number of benzene rings is 3. The Hall–Kier alpha value is -7.90. The molecular formula is C64H76F2N10O10. The van der Waals surface area contributed by atoms with Gasteiger partial charge < -0.3 is 33.9 Å². The van der Waals surface area contributed by atoms with Crippen molar-refractivity contribution in [2.24, 2.45) is 7.05 Å². The topological polar surface area (TPSA) is 214 Å². The number of methoxy groups -OCH3 is 1. The van der Waals surface area contributed by atoms with Crippen LogP contribution in [-0.2, 0) is 37.3 Å². The van der Waals surface area contributed by atoms with Gasteiger partial charge >= 0.3 is 23.9 Å². The molecule has 2 N–H and O–H groups in total. The fourth-order valence-electron chi connectivity index (χ4n) is 13.8. The first kappa shape index (κ1) is 59.8. The molecule has 3 aromatic carbocycles. The quantitative estimate of drug-likeness (QED) is 0.0297. The molecule has 0 spiro atoms. The number of anilines is 1. The number of aryl methyl sites for hydroxylation is 2. The second-order valence-electron chi connectivity index (χ2n) is 24.6. The van der Waals surface area contributed by atoms with Crippen molar-refractivity contribution in [3.63, 3.8) is 0 Å². The molecule has 5 aliphatic rings. The van der Waals surface area contributed by atoms with Crippen LogP contribution in [0.25, 0.3) is 44.0 Å². The van der Waals surface area contributed by atoms with E-state index in [9.17, 15) is 24.0 Å². The number of ether oxygens (including phenoxy) is 5. The standard InChI is InChI=1S/C64H76F2N10O10/c1-7-45-48(65)23-20-40-31-44(85-38-82-6)32-46(52(40)45)54-53(66)55-47(33-68-54)57(73-34-41-21-22-42(35-73)75(41)62(81)86-63(2,3)4)71-59(70-55)84-37-64-27-16-30-74(64)43(26-28-64)36-83-60(79)67-29-14-12-10-8-9-11-13-17-39-18-15-19-49-56(39)72(5)61(80)76(49)50-24-25-51(77)69-58(50)78/h1,15,18-20,23,31-33,41-43,50H,8-14,16-17,21-22,24-30,34-38H2,2-6H3,(H,67,79)(H,69,77,78)/t41?,42?,43-,50?,64-/m0/s1. The highest BCUT2D eigenvalue weighted by Gasteiger charge is 2.51. The number of imide groups is 1. The van der Waals surface area contributed by atoms with Crippen LogP contribution < -0.4 is 30.7 Å². The maximum absolute atomic E-state index is 17.7. The van der Waals surface area contributed by atoms with Crippen LogP contribution in [-0.4, -0.2) is 140 Å². The molecule has 22 heteroatoms. The van der Waals surface area contributed by atoms with Gasteiger partial charge in [-0.3, -0.25) is 38.8 Å². The van der Waals surface area contributed by atoms with Crippen molar-refractivity contribution in [3.05, 3.63) is 81.9 Å². The van der Waals surface area contributed by atoms with Crippen LogP contribution in [0.2, 0.25) is 0 Å². The molecule has 5 aliphatic heterocycles. The fourth-order valence-corrected chi connectivity index (χ4v) is 13.8. The molecule has 0 radical (unpaired) electrons. The van der Waals surface area contributed by atoms with Crippen LogP contribution in [0.3, 0.4) is 0 Å². The first-order valence-electron chi connectivity index (χ1n) is 30.3. The van der Waals surface area contributed by atoms with E-state index >= 15 is 8.78 Å². The third-order valence-corrected chi connectivity index (χ3v) is 17.8. The zero-order valence-corrected chi connectivity index (χ0v) is 49.7. The molecule has 20 nitrogen and oxygen atoms in total. The SMILES string of the molecule is C#Cc1c(F)ccc2cc(OCOC)cc(-c3ncc4c(N5CC6CCC(C5)N6C(=O)OC(C)(C)C)nc(OC[C@@]56CCCN5[C@H](COC(=O)NCCCCCCCCCc5cccc7c5n(C)c(=O)n7C5CCC(=O)NC5=O)CC6)nc4c3F)c12. The van der Waals surface area contributed by atoms with E-state index in [0.717, 1.165) is 108 Å². The Morgan fingerprint density at radius 1 is 0.930 bits per heavy atom. The summed E-state index contributed by atoms with van der Waals surface area (Å²) in [4.78, 5) is 85.0. The van der Waals surface area contributed by atoms with E-state index in [0.29, 0.717) is 53.9 Å². The highest BCUT2D eigenvalue weighted by atomic mass is 19.1. The van der Waals surface area contributed by atoms with Crippen molar-refractivity contribution in [2.45, 2.75) is 159 Å². The van der Waals surface area contributed by atoms with Gasteiger partial charge in [0.25, 0.3) is 0 Å². The Kier molecular flexibility index (Phi) is 17.5. The minimum absolute atomic E-state index is 0.0299. The summed E-state index contributed by atoms with van der Waals surface area (Å²) in [7, 11) is 3.21. The monoisotopic (exact) mass is 1180 g/mol. The number of carbonyl (C=O) groups is 4. The van der Waals surface area contributed by atoms with Gasteiger partial charge in [0.2, 0.25) is 11.8 Å². The molecular weight excluding hydrogens is 1110 g/mol. The lowest BCUT2D eigenvalue weighted by Gasteiger charge is -2.42. The average Bonchev–Trinajstić information content (AvgIpc) is 1.33. The Morgan fingerprint density at radius 3 is 2.44 bits per heavy atom. The number of halogens is 2. The number of fused-ring (bicyclic) bond motifs is 6. The smallest absolute Gasteiger partial charge is 0.410 e. The highest BCUT2D eigenvalue weighted by Crippen LogP contribution is 2.45. The van der Waals surface area contributed by atoms with E-state index in [1.54, 1.807) is 29.8 Å². The Balaban J connectivity index is 0.707. The number of amides is 4. The third-order valence-electron chi connectivity index (χ3n) is 17.8. The number of para-hydroxylation sites is 1. The number of nitrogens with one attached hydrogen (secondary N) is 2. The molecule has 3 aromatic heterocycles. The van der Waals surface area contributed by atoms with Gasteiger partial charge in [-0.25, -0.2) is 23.2 Å². The number of terminal acetylenes is 1. The lowest BCUT2D eigenvalue weighted by Crippen LogP contribution is -2.57. The van der Waals surface area contributed by atoms with E-state index in [1.165, 1.54) is 23.9 Å². The molecule has 5 atom stereocenters. The highest BCUT2D eigenvalue weighted by molar-refractivity contribution is 6.03. The maximum Gasteiger partial charge on any atom is 0.410 e. The number of hydrogen-bond donors (Lipinski definition) is 2. The third kappa shape index (κ3) is 12.1. The molecule has 4 amide bonds. The number of piperidine rings is 1. The summed E-state index contributed by atoms with van der Waals surface area (Å²) < 4.78 is 65.5. The number of nitrogens with zero attached hydrogens (tertiary/aromatic N) is 8. The number of unbranched alkanes of at least 4 members (excludes halogenated alkanes) is 6. The molecule has 3 unspecified atom stereocenters. The van der Waals surface area contributed by atoms with Crippen LogP contribution in [0.4, 0.5) is 24.2 Å². The summed E-state index contributed by atoms with van der Waals surface area (Å²) in [6, 6.07) is 10.7. The van der Waals surface area contributed by atoms with E-state index in [2.05, 4.69) is 26.4 Å². The lowest BCUT2D eigenvalue weighted by atomic mass is 9.95. The van der Waals surface area contributed by atoms with Gasteiger partial charge in [0, 0.05) is 63.4 Å². The van der Waals surface area contributed by atoms with Crippen LogP contribution in [0.5, 0.6) is 11.8 Å². The van der Waals surface area contributed by atoms with Crippen molar-refractivity contribution < 1.29 is 51.6 Å². The number of imidazole rings is 1. The molecule has 2 bridgehead atoms. The number of alkyl carbamates (subject to hydrolysis) is 1. The van der Waals surface area contributed by atoms with Crippen LogP contribution in [0.1, 0.15) is 134 Å². The lowest BCUT2D eigenvalue weighted by molar-refractivity contribution is -0.135. The van der Waals surface area contributed by atoms with Crippen molar-refractivity contribution in [3.8, 4) is 35.4 Å². The fraction of sp³-hybridized carbons (Fsp3) is 0.531. The van der Waals surface area contributed by atoms with Crippen molar-refractivity contribution in [1.29, 1.82) is 0 Å². The van der Waals surface area contributed by atoms with Crippen LogP contribution >= 0.6 is 0 Å².